The number of para-hydroxylation sites is 3. The van der Waals surface area contributed by atoms with Crippen LogP contribution in [-0.4, -0.2) is 24.1 Å². The summed E-state index contributed by atoms with van der Waals surface area (Å²) in [5, 5.41) is 4.88. The van der Waals surface area contributed by atoms with Crippen LogP contribution in [0, 0.1) is 0 Å². The van der Waals surface area contributed by atoms with Gasteiger partial charge in [-0.2, -0.15) is 0 Å². The zero-order chi connectivity index (χ0) is 37.0. The van der Waals surface area contributed by atoms with Gasteiger partial charge in [-0.1, -0.05) is 152 Å². The molecule has 0 unspecified atom stereocenters. The summed E-state index contributed by atoms with van der Waals surface area (Å²) in [4.78, 5) is 15.4. The molecule has 56 heavy (non-hydrogen) atoms. The Hall–Kier alpha value is -7.63. The molecule has 0 aliphatic rings. The van der Waals surface area contributed by atoms with Crippen LogP contribution in [0.1, 0.15) is 0 Å². The molecule has 11 rings (SSSR count). The maximum Gasteiger partial charge on any atom is 0.164 e. The molecule has 0 fully saturated rings. The number of rotatable bonds is 6. The van der Waals surface area contributed by atoms with E-state index in [0.29, 0.717) is 17.5 Å². The van der Waals surface area contributed by atoms with Crippen molar-refractivity contribution in [2.24, 2.45) is 0 Å². The second-order valence-electron chi connectivity index (χ2n) is 14.1. The quantitative estimate of drug-likeness (QED) is 0.172. The van der Waals surface area contributed by atoms with Gasteiger partial charge < -0.3 is 9.13 Å². The summed E-state index contributed by atoms with van der Waals surface area (Å²) >= 11 is 0. The molecule has 0 spiro atoms. The molecule has 0 radical (unpaired) electrons. The predicted molar refractivity (Wildman–Crippen MR) is 230 cm³/mol. The lowest BCUT2D eigenvalue weighted by atomic mass is 9.98. The van der Waals surface area contributed by atoms with Crippen LogP contribution in [0.25, 0.3) is 100 Å². The molecule has 0 amide bonds. The van der Waals surface area contributed by atoms with E-state index in [0.717, 1.165) is 50.2 Å². The van der Waals surface area contributed by atoms with Crippen LogP contribution in [0.15, 0.2) is 200 Å². The molecule has 0 bridgehead atoms. The maximum atomic E-state index is 5.19. The minimum atomic E-state index is 0.618. The first kappa shape index (κ1) is 31.9. The fourth-order valence-electron chi connectivity index (χ4n) is 8.23. The summed E-state index contributed by atoms with van der Waals surface area (Å²) in [6.45, 7) is 0. The molecule has 0 saturated heterocycles. The van der Waals surface area contributed by atoms with E-state index in [4.69, 9.17) is 15.0 Å². The van der Waals surface area contributed by atoms with Gasteiger partial charge in [-0.05, 0) is 59.7 Å². The highest BCUT2D eigenvalue weighted by molar-refractivity contribution is 6.12. The van der Waals surface area contributed by atoms with Crippen molar-refractivity contribution in [1.82, 2.24) is 24.1 Å². The standard InChI is InChI=1S/C51H33N5/c1-4-16-34(17-5-1)39-30-28-37(33-44(39)51-53-49(35-18-6-2-7-19-35)52-50(54-51)36-20-8-3-9-21-36)56-47-27-15-12-24-42(47)43-32-38(29-31-48(43)56)55-45-25-13-10-22-40(45)41-23-11-14-26-46(41)55/h1-33H. The van der Waals surface area contributed by atoms with Gasteiger partial charge in [0.25, 0.3) is 0 Å². The normalized spacial score (nSPS) is 11.6. The Labute approximate surface area is 323 Å². The number of hydrogen-bond donors (Lipinski definition) is 0. The lowest BCUT2D eigenvalue weighted by Crippen LogP contribution is -2.02. The second kappa shape index (κ2) is 13.0. The Morgan fingerprint density at radius 3 is 1.20 bits per heavy atom. The first-order valence-corrected chi connectivity index (χ1v) is 18.9. The molecule has 5 nitrogen and oxygen atoms in total. The van der Waals surface area contributed by atoms with E-state index >= 15 is 0 Å². The third-order valence-electron chi connectivity index (χ3n) is 10.8. The van der Waals surface area contributed by atoms with Gasteiger partial charge in [-0.3, -0.25) is 0 Å². The molecule has 3 heterocycles. The van der Waals surface area contributed by atoms with E-state index in [1.165, 1.54) is 32.6 Å². The molecule has 0 aliphatic heterocycles. The van der Waals surface area contributed by atoms with Crippen LogP contribution >= 0.6 is 0 Å². The summed E-state index contributed by atoms with van der Waals surface area (Å²) in [6, 6.07) is 70.4. The number of benzene rings is 8. The second-order valence-corrected chi connectivity index (χ2v) is 14.1. The average Bonchev–Trinajstić information content (AvgIpc) is 3.79. The lowest BCUT2D eigenvalue weighted by Gasteiger charge is -2.15. The van der Waals surface area contributed by atoms with E-state index in [1.54, 1.807) is 0 Å². The number of hydrogen-bond acceptors (Lipinski definition) is 3. The van der Waals surface area contributed by atoms with E-state index < -0.39 is 0 Å². The van der Waals surface area contributed by atoms with Crippen molar-refractivity contribution in [3.8, 4) is 56.7 Å². The molecule has 0 atom stereocenters. The van der Waals surface area contributed by atoms with Gasteiger partial charge in [0.05, 0.1) is 22.1 Å². The summed E-state index contributed by atoms with van der Waals surface area (Å²) in [5.41, 5.74) is 11.7. The lowest BCUT2D eigenvalue weighted by molar-refractivity contribution is 1.07. The van der Waals surface area contributed by atoms with E-state index in [-0.39, 0.29) is 0 Å². The fourth-order valence-corrected chi connectivity index (χ4v) is 8.23. The molecule has 8 aromatic carbocycles. The smallest absolute Gasteiger partial charge is 0.164 e. The Bertz CT molecular complexity index is 3120. The summed E-state index contributed by atoms with van der Waals surface area (Å²) in [5.74, 6) is 1.88. The Morgan fingerprint density at radius 1 is 0.268 bits per heavy atom. The van der Waals surface area contributed by atoms with Crippen molar-refractivity contribution < 1.29 is 0 Å². The molecule has 11 aromatic rings. The van der Waals surface area contributed by atoms with Crippen molar-refractivity contribution in [2.75, 3.05) is 0 Å². The minimum absolute atomic E-state index is 0.618. The topological polar surface area (TPSA) is 48.5 Å². The van der Waals surface area contributed by atoms with Crippen molar-refractivity contribution in [3.05, 3.63) is 200 Å². The van der Waals surface area contributed by atoms with Gasteiger partial charge in [0.1, 0.15) is 0 Å². The monoisotopic (exact) mass is 715 g/mol. The molecule has 5 heteroatoms. The van der Waals surface area contributed by atoms with Crippen LogP contribution in [0.2, 0.25) is 0 Å². The van der Waals surface area contributed by atoms with Crippen LogP contribution < -0.4 is 0 Å². The highest BCUT2D eigenvalue weighted by atomic mass is 15.0. The van der Waals surface area contributed by atoms with E-state index in [1.807, 2.05) is 66.7 Å². The Kier molecular flexibility index (Phi) is 7.42. The zero-order valence-corrected chi connectivity index (χ0v) is 30.3. The SMILES string of the molecule is c1ccc(-c2nc(-c3ccccc3)nc(-c3cc(-n4c5ccccc5c5cc(-n6c7ccccc7c7ccccc76)ccc54)ccc3-c3ccccc3)n2)cc1. The highest BCUT2D eigenvalue weighted by Crippen LogP contribution is 2.39. The number of aromatic nitrogens is 5. The predicted octanol–water partition coefficient (Wildman–Crippen LogP) is 12.7. The fraction of sp³-hybridized carbons (Fsp3) is 0. The molecule has 0 aliphatic carbocycles. The Morgan fingerprint density at radius 2 is 0.661 bits per heavy atom. The molecular weight excluding hydrogens is 683 g/mol. The van der Waals surface area contributed by atoms with Gasteiger partial charge in [-0.25, -0.2) is 15.0 Å². The molecule has 3 aromatic heterocycles. The van der Waals surface area contributed by atoms with Crippen molar-refractivity contribution in [3.63, 3.8) is 0 Å². The molecule has 0 saturated carbocycles. The van der Waals surface area contributed by atoms with Crippen LogP contribution in [0.4, 0.5) is 0 Å². The van der Waals surface area contributed by atoms with Gasteiger partial charge in [-0.15, -0.1) is 0 Å². The summed E-state index contributed by atoms with van der Waals surface area (Å²) in [6.07, 6.45) is 0. The first-order chi connectivity index (χ1) is 27.8. The summed E-state index contributed by atoms with van der Waals surface area (Å²) in [7, 11) is 0. The number of fused-ring (bicyclic) bond motifs is 6. The third-order valence-corrected chi connectivity index (χ3v) is 10.8. The van der Waals surface area contributed by atoms with Crippen molar-refractivity contribution in [2.45, 2.75) is 0 Å². The van der Waals surface area contributed by atoms with Crippen molar-refractivity contribution >= 4 is 43.6 Å². The largest absolute Gasteiger partial charge is 0.309 e. The third kappa shape index (κ3) is 5.21. The van der Waals surface area contributed by atoms with Gasteiger partial charge in [0.2, 0.25) is 0 Å². The van der Waals surface area contributed by atoms with Crippen LogP contribution in [-0.2, 0) is 0 Å². The zero-order valence-electron chi connectivity index (χ0n) is 30.3. The maximum absolute atomic E-state index is 5.19. The summed E-state index contributed by atoms with van der Waals surface area (Å²) < 4.78 is 4.76. The molecule has 0 N–H and O–H groups in total. The minimum Gasteiger partial charge on any atom is -0.309 e. The first-order valence-electron chi connectivity index (χ1n) is 18.9. The van der Waals surface area contributed by atoms with Gasteiger partial charge in [0.15, 0.2) is 17.5 Å². The van der Waals surface area contributed by atoms with E-state index in [9.17, 15) is 0 Å². The molecule has 262 valence electrons. The molecular formula is C51H33N5. The Balaban J connectivity index is 1.15. The van der Waals surface area contributed by atoms with Gasteiger partial charge in [0, 0.05) is 49.6 Å². The highest BCUT2D eigenvalue weighted by Gasteiger charge is 2.20. The van der Waals surface area contributed by atoms with Crippen LogP contribution in [0.5, 0.6) is 0 Å². The van der Waals surface area contributed by atoms with Crippen LogP contribution in [0.3, 0.4) is 0 Å². The average molecular weight is 716 g/mol. The number of nitrogens with zero attached hydrogens (tertiary/aromatic N) is 5. The van der Waals surface area contributed by atoms with Gasteiger partial charge >= 0.3 is 0 Å². The van der Waals surface area contributed by atoms with E-state index in [2.05, 4.69) is 143 Å². The van der Waals surface area contributed by atoms with Crippen molar-refractivity contribution in [1.29, 1.82) is 0 Å².